The molecule has 0 saturated heterocycles. The zero-order valence-electron chi connectivity index (χ0n) is 13.4. The number of carbonyl (C=O) groups is 2. The summed E-state index contributed by atoms with van der Waals surface area (Å²) in [4.78, 5) is 18.2. The Morgan fingerprint density at radius 2 is 1.79 bits per heavy atom. The van der Waals surface area contributed by atoms with Crippen LogP contribution in [0.15, 0.2) is 30.3 Å². The number of aliphatic carboxylic acids is 2. The van der Waals surface area contributed by atoms with E-state index in [0.717, 1.165) is 5.75 Å². The van der Waals surface area contributed by atoms with Gasteiger partial charge in [0.25, 0.3) is 0 Å². The average molecular weight is 361 g/mol. The molecule has 0 aliphatic rings. The molecule has 1 aromatic rings. The first-order valence-electron chi connectivity index (χ1n) is 7.24. The molecule has 8 nitrogen and oxygen atoms in total. The van der Waals surface area contributed by atoms with Crippen LogP contribution in [0.4, 0.5) is 0 Å². The Morgan fingerprint density at radius 1 is 1.21 bits per heavy atom. The van der Waals surface area contributed by atoms with E-state index in [9.17, 15) is 9.32 Å². The Morgan fingerprint density at radius 3 is 2.29 bits per heavy atom. The molecule has 0 spiro atoms. The first-order valence-corrected chi connectivity index (χ1v) is 8.73. The predicted octanol–water partition coefficient (Wildman–Crippen LogP) is -0.0599. The Balaban J connectivity index is 0.000000754. The number of carboxylic acids is 2. The lowest BCUT2D eigenvalue weighted by atomic mass is 10.3. The third-order valence-electron chi connectivity index (χ3n) is 2.58. The highest BCUT2D eigenvalue weighted by molar-refractivity contribution is 7.84. The maximum Gasteiger partial charge on any atom is 0.414 e. The van der Waals surface area contributed by atoms with Crippen molar-refractivity contribution in [1.82, 2.24) is 5.32 Å². The summed E-state index contributed by atoms with van der Waals surface area (Å²) < 4.78 is 16.6. The molecule has 2 unspecified atom stereocenters. The molecule has 1 rings (SSSR count). The van der Waals surface area contributed by atoms with E-state index in [1.165, 1.54) is 0 Å². The van der Waals surface area contributed by atoms with Crippen molar-refractivity contribution in [2.75, 3.05) is 31.2 Å². The van der Waals surface area contributed by atoms with Gasteiger partial charge in [-0.25, -0.2) is 9.59 Å². The van der Waals surface area contributed by atoms with E-state index in [4.69, 9.17) is 24.5 Å². The molecule has 0 heterocycles. The lowest BCUT2D eigenvalue weighted by Crippen LogP contribution is -2.33. The number of aliphatic hydroxyl groups excluding tert-OH is 1. The Hall–Kier alpha value is -1.97. The number of nitrogens with one attached hydrogen (secondary N) is 1. The van der Waals surface area contributed by atoms with Gasteiger partial charge in [0.05, 0.1) is 0 Å². The number of aliphatic hydroxyl groups is 1. The zero-order chi connectivity index (χ0) is 18.4. The van der Waals surface area contributed by atoms with Gasteiger partial charge in [0.1, 0.15) is 18.5 Å². The van der Waals surface area contributed by atoms with Gasteiger partial charge in [0, 0.05) is 35.4 Å². The van der Waals surface area contributed by atoms with Gasteiger partial charge in [-0.3, -0.25) is 4.21 Å². The van der Waals surface area contributed by atoms with E-state index in [-0.39, 0.29) is 6.61 Å². The number of hydrogen-bond donors (Lipinski definition) is 4. The van der Waals surface area contributed by atoms with Crippen molar-refractivity contribution in [3.63, 3.8) is 0 Å². The lowest BCUT2D eigenvalue weighted by Gasteiger charge is -2.13. The maximum absolute atomic E-state index is 11.2. The van der Waals surface area contributed by atoms with Gasteiger partial charge in [0.15, 0.2) is 0 Å². The monoisotopic (exact) mass is 361 g/mol. The van der Waals surface area contributed by atoms with E-state index in [1.807, 2.05) is 37.3 Å². The van der Waals surface area contributed by atoms with Crippen LogP contribution in [-0.4, -0.2) is 68.8 Å². The summed E-state index contributed by atoms with van der Waals surface area (Å²) in [6.45, 7) is 3.27. The van der Waals surface area contributed by atoms with Crippen molar-refractivity contribution in [1.29, 1.82) is 0 Å². The van der Waals surface area contributed by atoms with Crippen LogP contribution in [0.2, 0.25) is 0 Å². The van der Waals surface area contributed by atoms with Crippen molar-refractivity contribution in [3.8, 4) is 5.75 Å². The highest BCUT2D eigenvalue weighted by Gasteiger charge is 2.05. The van der Waals surface area contributed by atoms with Crippen LogP contribution in [0.3, 0.4) is 0 Å². The number of benzene rings is 1. The van der Waals surface area contributed by atoms with Crippen LogP contribution in [0, 0.1) is 0 Å². The van der Waals surface area contributed by atoms with Gasteiger partial charge in [-0.2, -0.15) is 0 Å². The number of hydrogen-bond acceptors (Lipinski definition) is 6. The van der Waals surface area contributed by atoms with Crippen molar-refractivity contribution < 1.29 is 33.9 Å². The summed E-state index contributed by atoms with van der Waals surface area (Å²) in [7, 11) is -0.751. The summed E-state index contributed by atoms with van der Waals surface area (Å²) in [6, 6.07) is 9.40. The van der Waals surface area contributed by atoms with Crippen LogP contribution in [0.1, 0.15) is 6.92 Å². The van der Waals surface area contributed by atoms with Crippen molar-refractivity contribution in [2.45, 2.75) is 13.0 Å². The molecule has 0 radical (unpaired) electrons. The highest BCUT2D eigenvalue weighted by Crippen LogP contribution is 2.08. The van der Waals surface area contributed by atoms with Crippen molar-refractivity contribution in [2.24, 2.45) is 0 Å². The maximum atomic E-state index is 11.2. The van der Waals surface area contributed by atoms with Gasteiger partial charge in [-0.15, -0.1) is 0 Å². The predicted molar refractivity (Wildman–Crippen MR) is 89.6 cm³/mol. The molecule has 0 bridgehead atoms. The Kier molecular flexibility index (Phi) is 12.4. The molecule has 0 fully saturated rings. The molecule has 9 heteroatoms. The molecular formula is C15H23NO7S. The molecule has 0 aliphatic heterocycles. The second-order valence-corrected chi connectivity index (χ2v) is 6.39. The SMILES string of the molecule is CCS(=O)CCNCC(O)COc1ccccc1.O=C(O)C(=O)O. The minimum Gasteiger partial charge on any atom is -0.491 e. The van der Waals surface area contributed by atoms with Crippen LogP contribution < -0.4 is 10.1 Å². The van der Waals surface area contributed by atoms with E-state index < -0.39 is 28.8 Å². The van der Waals surface area contributed by atoms with Crippen LogP contribution >= 0.6 is 0 Å². The second-order valence-electron chi connectivity index (χ2n) is 4.52. The Bertz CT molecular complexity index is 498. The van der Waals surface area contributed by atoms with E-state index in [2.05, 4.69) is 5.32 Å². The minimum atomic E-state index is -1.82. The largest absolute Gasteiger partial charge is 0.491 e. The van der Waals surface area contributed by atoms with Gasteiger partial charge < -0.3 is 25.4 Å². The quantitative estimate of drug-likeness (QED) is 0.355. The Labute approximate surface area is 142 Å². The van der Waals surface area contributed by atoms with E-state index in [1.54, 1.807) is 0 Å². The summed E-state index contributed by atoms with van der Waals surface area (Å²) in [5.74, 6) is -1.59. The van der Waals surface area contributed by atoms with Gasteiger partial charge in [-0.1, -0.05) is 25.1 Å². The number of para-hydroxylation sites is 1. The lowest BCUT2D eigenvalue weighted by molar-refractivity contribution is -0.159. The third-order valence-corrected chi connectivity index (χ3v) is 3.88. The molecule has 136 valence electrons. The zero-order valence-corrected chi connectivity index (χ0v) is 14.2. The average Bonchev–Trinajstić information content (AvgIpc) is 2.58. The summed E-state index contributed by atoms with van der Waals surface area (Å²) in [5.41, 5.74) is 0. The van der Waals surface area contributed by atoms with Gasteiger partial charge in [-0.05, 0) is 12.1 Å². The van der Waals surface area contributed by atoms with Crippen LogP contribution in [0.25, 0.3) is 0 Å². The smallest absolute Gasteiger partial charge is 0.414 e. The molecular weight excluding hydrogens is 338 g/mol. The fourth-order valence-corrected chi connectivity index (χ4v) is 2.03. The molecule has 1 aromatic carbocycles. The summed E-state index contributed by atoms with van der Waals surface area (Å²) in [5, 5.41) is 27.5. The van der Waals surface area contributed by atoms with Gasteiger partial charge >= 0.3 is 11.9 Å². The fourth-order valence-electron chi connectivity index (χ4n) is 1.37. The fraction of sp³-hybridized carbons (Fsp3) is 0.467. The van der Waals surface area contributed by atoms with E-state index >= 15 is 0 Å². The number of carboxylic acid groups (broad SMARTS) is 2. The number of ether oxygens (including phenoxy) is 1. The molecule has 0 aliphatic carbocycles. The second kappa shape index (κ2) is 13.5. The topological polar surface area (TPSA) is 133 Å². The minimum absolute atomic E-state index is 0.258. The molecule has 24 heavy (non-hydrogen) atoms. The van der Waals surface area contributed by atoms with Crippen LogP contribution in [0.5, 0.6) is 5.75 Å². The van der Waals surface area contributed by atoms with Crippen LogP contribution in [-0.2, 0) is 20.4 Å². The normalized spacial score (nSPS) is 12.4. The third kappa shape index (κ3) is 12.6. The first kappa shape index (κ1) is 22.0. The number of rotatable bonds is 9. The summed E-state index contributed by atoms with van der Waals surface area (Å²) in [6.07, 6.45) is -0.555. The van der Waals surface area contributed by atoms with Crippen molar-refractivity contribution >= 4 is 22.7 Å². The molecule has 4 N–H and O–H groups in total. The molecule has 2 atom stereocenters. The molecule has 0 saturated carbocycles. The highest BCUT2D eigenvalue weighted by atomic mass is 32.2. The van der Waals surface area contributed by atoms with E-state index in [0.29, 0.717) is 24.6 Å². The van der Waals surface area contributed by atoms with Crippen molar-refractivity contribution in [3.05, 3.63) is 30.3 Å². The first-order chi connectivity index (χ1) is 11.4. The summed E-state index contributed by atoms with van der Waals surface area (Å²) >= 11 is 0. The molecule has 0 aromatic heterocycles. The van der Waals surface area contributed by atoms with Gasteiger partial charge in [0.2, 0.25) is 0 Å². The standard InChI is InChI=1S/C13H21NO3S.C2H2O4/c1-2-18(16)9-8-14-10-12(15)11-17-13-6-4-3-5-7-13;3-1(4)2(5)6/h3-7,12,14-15H,2,8-11H2,1H3;(H,3,4)(H,5,6). The molecule has 0 amide bonds.